The van der Waals surface area contributed by atoms with E-state index in [4.69, 9.17) is 14.9 Å². The molecule has 4 N–H and O–H groups in total. The predicted molar refractivity (Wildman–Crippen MR) is 91.5 cm³/mol. The zero-order chi connectivity index (χ0) is 23.2. The van der Waals surface area contributed by atoms with E-state index in [1.165, 1.54) is 6.92 Å². The van der Waals surface area contributed by atoms with Crippen LogP contribution in [0.4, 0.5) is 32.0 Å². The van der Waals surface area contributed by atoms with E-state index in [0.29, 0.717) is 6.07 Å². The molecule has 0 aliphatic carbocycles. The fraction of sp³-hybridized carbons (Fsp3) is 0.588. The summed E-state index contributed by atoms with van der Waals surface area (Å²) >= 11 is 0. The highest BCUT2D eigenvalue weighted by Gasteiger charge is 2.63. The van der Waals surface area contributed by atoms with Crippen LogP contribution in [0.25, 0.3) is 11.6 Å². The molecule has 1 aliphatic heterocycles. The van der Waals surface area contributed by atoms with E-state index in [-0.39, 0.29) is 19.3 Å². The van der Waals surface area contributed by atoms with Crippen molar-refractivity contribution in [3.63, 3.8) is 0 Å². The van der Waals surface area contributed by atoms with Crippen molar-refractivity contribution in [2.45, 2.75) is 62.8 Å². The first-order valence-corrected chi connectivity index (χ1v) is 9.11. The highest BCUT2D eigenvalue weighted by Crippen LogP contribution is 2.44. The van der Waals surface area contributed by atoms with Gasteiger partial charge in [-0.25, -0.2) is 4.98 Å². The normalized spacial score (nSPS) is 25.6. The summed E-state index contributed by atoms with van der Waals surface area (Å²) in [6, 6.07) is 0.491. The fourth-order valence-corrected chi connectivity index (χ4v) is 3.13. The Bertz CT molecular complexity index is 948. The molecule has 2 unspecified atom stereocenters. The maximum atomic E-state index is 13.6. The van der Waals surface area contributed by atoms with Crippen molar-refractivity contribution in [2.75, 3.05) is 5.73 Å². The number of halogens is 6. The number of fused-ring (bicyclic) bond motifs is 5. The van der Waals surface area contributed by atoms with Gasteiger partial charge in [-0.3, -0.25) is 0 Å². The van der Waals surface area contributed by atoms with E-state index in [1.807, 2.05) is 0 Å². The maximum absolute atomic E-state index is 13.6. The van der Waals surface area contributed by atoms with Gasteiger partial charge in [0.25, 0.3) is 17.4 Å². The number of nitrogens with two attached hydrogens (primary N) is 1. The Labute approximate surface area is 171 Å². The minimum Gasteiger partial charge on any atom is -0.474 e. The number of anilines is 1. The van der Waals surface area contributed by atoms with Crippen molar-refractivity contribution in [2.24, 2.45) is 0 Å². The SMILES string of the molecule is C[C@@H]1CCCCC(O)C(O)(C(F)(F)F)c2nnc(o2)-c2nc(c(C(F)(F)F)cc2N)O1. The summed E-state index contributed by atoms with van der Waals surface area (Å²) in [6.45, 7) is 1.46. The Balaban J connectivity index is 2.21. The molecular weight excluding hydrogens is 438 g/mol. The van der Waals surface area contributed by atoms with Crippen LogP contribution in [0, 0.1) is 0 Å². The molecule has 2 aromatic rings. The van der Waals surface area contributed by atoms with Crippen LogP contribution >= 0.6 is 0 Å². The van der Waals surface area contributed by atoms with Gasteiger partial charge in [0.05, 0.1) is 11.8 Å². The Hall–Kier alpha value is -2.61. The molecular formula is C17H18F6N4O4. The van der Waals surface area contributed by atoms with E-state index in [1.54, 1.807) is 0 Å². The Morgan fingerprint density at radius 2 is 1.77 bits per heavy atom. The number of nitrogen functional groups attached to an aromatic ring is 1. The fourth-order valence-electron chi connectivity index (χ4n) is 3.13. The van der Waals surface area contributed by atoms with Crippen LogP contribution in [0.1, 0.15) is 44.1 Å². The van der Waals surface area contributed by atoms with Crippen molar-refractivity contribution in [1.29, 1.82) is 0 Å². The van der Waals surface area contributed by atoms with Gasteiger partial charge in [-0.05, 0) is 32.3 Å². The Kier molecular flexibility index (Phi) is 5.82. The van der Waals surface area contributed by atoms with Gasteiger partial charge in [0.2, 0.25) is 5.88 Å². The molecule has 0 saturated heterocycles. The number of pyridine rings is 1. The number of alkyl halides is 6. The molecule has 0 fully saturated rings. The summed E-state index contributed by atoms with van der Waals surface area (Å²) in [4.78, 5) is 3.66. The Morgan fingerprint density at radius 3 is 2.39 bits per heavy atom. The van der Waals surface area contributed by atoms with Crippen LogP contribution in [0.3, 0.4) is 0 Å². The third-order valence-electron chi connectivity index (χ3n) is 4.84. The van der Waals surface area contributed by atoms with Crippen LogP contribution in [-0.4, -0.2) is 43.8 Å². The number of aromatic nitrogens is 3. The second kappa shape index (κ2) is 7.82. The topological polar surface area (TPSA) is 128 Å². The minimum atomic E-state index is -5.39. The van der Waals surface area contributed by atoms with Gasteiger partial charge in [0.1, 0.15) is 11.7 Å². The number of aliphatic hydroxyl groups excluding tert-OH is 1. The first-order valence-electron chi connectivity index (χ1n) is 9.11. The molecule has 3 heterocycles. The molecule has 4 bridgehead atoms. The second-order valence-electron chi connectivity index (χ2n) is 7.18. The lowest BCUT2D eigenvalue weighted by atomic mass is 9.91. The minimum absolute atomic E-state index is 0.000789. The van der Waals surface area contributed by atoms with E-state index in [9.17, 15) is 36.6 Å². The van der Waals surface area contributed by atoms with Crippen molar-refractivity contribution in [3.8, 4) is 17.5 Å². The lowest BCUT2D eigenvalue weighted by Crippen LogP contribution is -2.52. The summed E-state index contributed by atoms with van der Waals surface area (Å²) in [5.74, 6) is -3.03. The molecule has 8 nitrogen and oxygen atoms in total. The summed E-state index contributed by atoms with van der Waals surface area (Å²) < 4.78 is 91.3. The van der Waals surface area contributed by atoms with E-state index in [0.717, 1.165) is 0 Å². The van der Waals surface area contributed by atoms with Crippen LogP contribution < -0.4 is 10.5 Å². The molecule has 3 rings (SSSR count). The van der Waals surface area contributed by atoms with E-state index in [2.05, 4.69) is 15.2 Å². The largest absolute Gasteiger partial charge is 0.474 e. The predicted octanol–water partition coefficient (Wildman–Crippen LogP) is 3.18. The summed E-state index contributed by atoms with van der Waals surface area (Å²) in [7, 11) is 0. The third-order valence-corrected chi connectivity index (χ3v) is 4.84. The van der Waals surface area contributed by atoms with Gasteiger partial charge in [-0.1, -0.05) is 6.42 Å². The standard InChI is InChI=1S/C17H18F6N4O4/c1-7-4-2-3-5-10(28)15(29,17(21,22)23)14-27-26-13(31-14)11-9(24)6-8(16(18,19)20)12(25-11)30-7/h6-7,10,28-29H,2-5,24H2,1H3/t7-,10?,15?/m1/s1. The molecule has 0 aromatic carbocycles. The molecule has 1 aliphatic rings. The van der Waals surface area contributed by atoms with Gasteiger partial charge in [-0.2, -0.15) is 26.3 Å². The average Bonchev–Trinajstić information content (AvgIpc) is 3.13. The number of hydrogen-bond donors (Lipinski definition) is 3. The first-order chi connectivity index (χ1) is 14.2. The maximum Gasteiger partial charge on any atom is 0.428 e. The lowest BCUT2D eigenvalue weighted by molar-refractivity contribution is -0.306. The molecule has 31 heavy (non-hydrogen) atoms. The van der Waals surface area contributed by atoms with Crippen molar-refractivity contribution in [1.82, 2.24) is 15.2 Å². The Morgan fingerprint density at radius 1 is 1.13 bits per heavy atom. The van der Waals surface area contributed by atoms with Gasteiger partial charge in [0.15, 0.2) is 5.69 Å². The quantitative estimate of drug-likeness (QED) is 0.516. The molecule has 0 spiro atoms. The summed E-state index contributed by atoms with van der Waals surface area (Å²) in [5.41, 5.74) is -0.758. The van der Waals surface area contributed by atoms with E-state index < -0.39 is 71.2 Å². The second-order valence-corrected chi connectivity index (χ2v) is 7.18. The molecule has 0 saturated carbocycles. The number of aliphatic hydroxyl groups is 2. The molecule has 14 heteroatoms. The van der Waals surface area contributed by atoms with Crippen LogP contribution in [0.2, 0.25) is 0 Å². The van der Waals surface area contributed by atoms with Crippen molar-refractivity contribution in [3.05, 3.63) is 17.5 Å². The van der Waals surface area contributed by atoms with Crippen LogP contribution in [0.5, 0.6) is 5.88 Å². The van der Waals surface area contributed by atoms with Gasteiger partial charge < -0.3 is 25.1 Å². The number of hydrogen-bond acceptors (Lipinski definition) is 8. The highest BCUT2D eigenvalue weighted by molar-refractivity contribution is 5.68. The molecule has 0 radical (unpaired) electrons. The van der Waals surface area contributed by atoms with E-state index >= 15 is 0 Å². The summed E-state index contributed by atoms with van der Waals surface area (Å²) in [5, 5.41) is 26.9. The first kappa shape index (κ1) is 23.1. The number of rotatable bonds is 0. The number of ether oxygens (including phenoxy) is 1. The smallest absolute Gasteiger partial charge is 0.428 e. The monoisotopic (exact) mass is 456 g/mol. The lowest BCUT2D eigenvalue weighted by Gasteiger charge is -2.31. The molecule has 0 amide bonds. The zero-order valence-corrected chi connectivity index (χ0v) is 16.0. The van der Waals surface area contributed by atoms with Gasteiger partial charge in [-0.15, -0.1) is 10.2 Å². The highest BCUT2D eigenvalue weighted by atomic mass is 19.4. The molecule has 2 aromatic heterocycles. The molecule has 172 valence electrons. The third kappa shape index (κ3) is 4.26. The van der Waals surface area contributed by atoms with Crippen molar-refractivity contribution < 1.29 is 45.7 Å². The average molecular weight is 456 g/mol. The zero-order valence-electron chi connectivity index (χ0n) is 16.0. The van der Waals surface area contributed by atoms with Crippen LogP contribution in [-0.2, 0) is 11.8 Å². The summed E-state index contributed by atoms with van der Waals surface area (Å²) in [6.07, 6.45) is -13.6. The van der Waals surface area contributed by atoms with Gasteiger partial charge >= 0.3 is 12.4 Å². The van der Waals surface area contributed by atoms with Gasteiger partial charge in [0, 0.05) is 0 Å². The van der Waals surface area contributed by atoms with Crippen LogP contribution in [0.15, 0.2) is 10.5 Å². The molecule has 3 atom stereocenters. The number of nitrogens with zero attached hydrogens (tertiary/aromatic N) is 3. The van der Waals surface area contributed by atoms with Crippen molar-refractivity contribution >= 4 is 5.69 Å².